The number of anilines is 1. The van der Waals surface area contributed by atoms with Gasteiger partial charge >= 0.3 is 6.03 Å². The molecule has 0 radical (unpaired) electrons. The van der Waals surface area contributed by atoms with Gasteiger partial charge in [0.05, 0.1) is 0 Å². The van der Waals surface area contributed by atoms with E-state index in [9.17, 15) is 9.59 Å². The number of likely N-dealkylation sites (tertiary alicyclic amines) is 1. The molecular formula is C22H25Cl2N3O3. The number of amides is 3. The van der Waals surface area contributed by atoms with E-state index in [-0.39, 0.29) is 18.0 Å². The summed E-state index contributed by atoms with van der Waals surface area (Å²) in [5.74, 6) is 0.509. The van der Waals surface area contributed by atoms with Gasteiger partial charge in [0.25, 0.3) is 5.91 Å². The Hall–Kier alpha value is -2.44. The number of benzene rings is 2. The molecule has 1 aliphatic heterocycles. The van der Waals surface area contributed by atoms with Gasteiger partial charge in [0.15, 0.2) is 5.60 Å². The van der Waals surface area contributed by atoms with Crippen molar-refractivity contribution in [1.29, 1.82) is 0 Å². The van der Waals surface area contributed by atoms with Crippen LogP contribution in [-0.2, 0) is 4.79 Å². The third-order valence-electron chi connectivity index (χ3n) is 4.92. The van der Waals surface area contributed by atoms with E-state index in [4.69, 9.17) is 27.9 Å². The van der Waals surface area contributed by atoms with Crippen LogP contribution in [0, 0.1) is 0 Å². The third-order valence-corrected chi connectivity index (χ3v) is 5.43. The zero-order valence-corrected chi connectivity index (χ0v) is 18.5. The van der Waals surface area contributed by atoms with Crippen molar-refractivity contribution in [2.45, 2.75) is 38.3 Å². The minimum absolute atomic E-state index is 0.00152. The van der Waals surface area contributed by atoms with Crippen LogP contribution in [-0.4, -0.2) is 41.6 Å². The van der Waals surface area contributed by atoms with Crippen molar-refractivity contribution in [3.05, 3.63) is 58.6 Å². The van der Waals surface area contributed by atoms with E-state index in [0.717, 1.165) is 0 Å². The minimum atomic E-state index is -1.000. The molecule has 8 heteroatoms. The van der Waals surface area contributed by atoms with E-state index < -0.39 is 5.60 Å². The van der Waals surface area contributed by atoms with Crippen molar-refractivity contribution in [2.24, 2.45) is 0 Å². The Morgan fingerprint density at radius 3 is 2.07 bits per heavy atom. The third kappa shape index (κ3) is 6.03. The molecule has 2 aromatic carbocycles. The second-order valence-corrected chi connectivity index (χ2v) is 8.61. The average molecular weight is 450 g/mol. The molecule has 0 aliphatic carbocycles. The molecule has 2 aromatic rings. The SMILES string of the molecule is CC(C)(Oc1ccc(Cl)cc1)C(=O)N1CCC(NC(=O)Nc2ccc(Cl)cc2)CC1. The van der Waals surface area contributed by atoms with Gasteiger partial charge in [0.1, 0.15) is 5.75 Å². The van der Waals surface area contributed by atoms with Crippen LogP contribution in [0.2, 0.25) is 10.0 Å². The molecule has 1 saturated heterocycles. The molecule has 1 fully saturated rings. The molecule has 0 bridgehead atoms. The number of nitrogens with one attached hydrogen (secondary N) is 2. The van der Waals surface area contributed by atoms with Gasteiger partial charge in [-0.25, -0.2) is 4.79 Å². The summed E-state index contributed by atoms with van der Waals surface area (Å²) in [6.45, 7) is 4.62. The number of carbonyl (C=O) groups excluding carboxylic acids is 2. The number of halogens is 2. The molecule has 1 aliphatic rings. The Balaban J connectivity index is 1.47. The molecule has 30 heavy (non-hydrogen) atoms. The summed E-state index contributed by atoms with van der Waals surface area (Å²) in [5, 5.41) is 6.97. The quantitative estimate of drug-likeness (QED) is 0.676. The van der Waals surface area contributed by atoms with Crippen molar-refractivity contribution < 1.29 is 14.3 Å². The van der Waals surface area contributed by atoms with Crippen molar-refractivity contribution in [3.63, 3.8) is 0 Å². The lowest BCUT2D eigenvalue weighted by atomic mass is 10.0. The summed E-state index contributed by atoms with van der Waals surface area (Å²) in [4.78, 5) is 26.9. The monoisotopic (exact) mass is 449 g/mol. The van der Waals surface area contributed by atoms with E-state index in [1.165, 1.54) is 0 Å². The van der Waals surface area contributed by atoms with Crippen LogP contribution in [0.1, 0.15) is 26.7 Å². The van der Waals surface area contributed by atoms with Crippen molar-refractivity contribution in [1.82, 2.24) is 10.2 Å². The van der Waals surface area contributed by atoms with Crippen molar-refractivity contribution in [3.8, 4) is 5.75 Å². The maximum Gasteiger partial charge on any atom is 0.319 e. The first kappa shape index (κ1) is 22.2. The number of hydrogen-bond donors (Lipinski definition) is 2. The fraction of sp³-hybridized carbons (Fsp3) is 0.364. The lowest BCUT2D eigenvalue weighted by molar-refractivity contribution is -0.146. The zero-order chi connectivity index (χ0) is 21.7. The summed E-state index contributed by atoms with van der Waals surface area (Å²) in [7, 11) is 0. The number of nitrogens with zero attached hydrogens (tertiary/aromatic N) is 1. The van der Waals surface area contributed by atoms with Gasteiger partial charge in [-0.2, -0.15) is 0 Å². The van der Waals surface area contributed by atoms with Crippen molar-refractivity contribution in [2.75, 3.05) is 18.4 Å². The molecule has 1 heterocycles. The minimum Gasteiger partial charge on any atom is -0.478 e. The topological polar surface area (TPSA) is 70.7 Å². The largest absolute Gasteiger partial charge is 0.478 e. The fourth-order valence-corrected chi connectivity index (χ4v) is 3.59. The molecule has 0 aromatic heterocycles. The van der Waals surface area contributed by atoms with E-state index in [1.54, 1.807) is 67.3 Å². The molecule has 160 valence electrons. The second-order valence-electron chi connectivity index (χ2n) is 7.74. The van der Waals surface area contributed by atoms with Crippen molar-refractivity contribution >= 4 is 40.8 Å². The number of urea groups is 1. The second kappa shape index (κ2) is 9.58. The van der Waals surface area contributed by atoms with Gasteiger partial charge in [-0.3, -0.25) is 4.79 Å². The van der Waals surface area contributed by atoms with E-state index in [1.807, 2.05) is 0 Å². The Morgan fingerprint density at radius 1 is 0.967 bits per heavy atom. The predicted octanol–water partition coefficient (Wildman–Crippen LogP) is 4.96. The molecule has 0 saturated carbocycles. The fourth-order valence-electron chi connectivity index (χ4n) is 3.33. The predicted molar refractivity (Wildman–Crippen MR) is 119 cm³/mol. The first-order valence-corrected chi connectivity index (χ1v) is 10.6. The van der Waals surface area contributed by atoms with Crippen LogP contribution in [0.3, 0.4) is 0 Å². The van der Waals surface area contributed by atoms with Gasteiger partial charge in [0.2, 0.25) is 0 Å². The van der Waals surface area contributed by atoms with E-state index in [2.05, 4.69) is 10.6 Å². The molecule has 0 unspecified atom stereocenters. The van der Waals surface area contributed by atoms with E-state index in [0.29, 0.717) is 47.4 Å². The average Bonchev–Trinajstić information content (AvgIpc) is 2.71. The van der Waals surface area contributed by atoms with Crippen LogP contribution in [0.5, 0.6) is 5.75 Å². The number of ether oxygens (including phenoxy) is 1. The van der Waals surface area contributed by atoms with Crippen LogP contribution in [0.15, 0.2) is 48.5 Å². The number of rotatable bonds is 5. The molecule has 3 rings (SSSR count). The normalized spacial score (nSPS) is 14.9. The lowest BCUT2D eigenvalue weighted by Gasteiger charge is -2.37. The Labute approximate surface area is 186 Å². The highest BCUT2D eigenvalue weighted by atomic mass is 35.5. The summed E-state index contributed by atoms with van der Waals surface area (Å²) >= 11 is 11.7. The van der Waals surface area contributed by atoms with Crippen LogP contribution in [0.25, 0.3) is 0 Å². The standard InChI is InChI=1S/C22H25Cl2N3O3/c1-22(2,30-19-9-5-16(24)6-10-19)20(28)27-13-11-18(12-14-27)26-21(29)25-17-7-3-15(23)4-8-17/h3-10,18H,11-14H2,1-2H3,(H2,25,26,29). The number of hydrogen-bond acceptors (Lipinski definition) is 3. The van der Waals surface area contributed by atoms with Gasteiger partial charge in [-0.05, 0) is 75.2 Å². The zero-order valence-electron chi connectivity index (χ0n) is 17.0. The Bertz CT molecular complexity index is 878. The highest BCUT2D eigenvalue weighted by Gasteiger charge is 2.36. The molecule has 3 amide bonds. The summed E-state index contributed by atoms with van der Waals surface area (Å²) < 4.78 is 5.90. The van der Waals surface area contributed by atoms with Crippen LogP contribution < -0.4 is 15.4 Å². The summed E-state index contributed by atoms with van der Waals surface area (Å²) in [5.41, 5.74) is -0.328. The van der Waals surface area contributed by atoms with Gasteiger partial charge in [-0.1, -0.05) is 23.2 Å². The van der Waals surface area contributed by atoms with Gasteiger partial charge < -0.3 is 20.3 Å². The van der Waals surface area contributed by atoms with E-state index >= 15 is 0 Å². The number of piperidine rings is 1. The lowest BCUT2D eigenvalue weighted by Crippen LogP contribution is -2.54. The molecule has 6 nitrogen and oxygen atoms in total. The molecule has 0 atom stereocenters. The highest BCUT2D eigenvalue weighted by Crippen LogP contribution is 2.24. The Morgan fingerprint density at radius 2 is 1.50 bits per heavy atom. The molecular weight excluding hydrogens is 425 g/mol. The van der Waals surface area contributed by atoms with Gasteiger partial charge in [-0.15, -0.1) is 0 Å². The van der Waals surface area contributed by atoms with Crippen LogP contribution in [0.4, 0.5) is 10.5 Å². The summed E-state index contributed by atoms with van der Waals surface area (Å²) in [6, 6.07) is 13.6. The maximum absolute atomic E-state index is 13.0. The molecule has 2 N–H and O–H groups in total. The highest BCUT2D eigenvalue weighted by molar-refractivity contribution is 6.30. The number of carbonyl (C=O) groups is 2. The maximum atomic E-state index is 13.0. The van der Waals surface area contributed by atoms with Gasteiger partial charge in [0, 0.05) is 34.9 Å². The first-order chi connectivity index (χ1) is 14.2. The molecule has 0 spiro atoms. The summed E-state index contributed by atoms with van der Waals surface area (Å²) in [6.07, 6.45) is 1.35. The Kier molecular flexibility index (Phi) is 7.10. The van der Waals surface area contributed by atoms with Crippen LogP contribution >= 0.6 is 23.2 Å². The smallest absolute Gasteiger partial charge is 0.319 e. The first-order valence-electron chi connectivity index (χ1n) is 9.80.